The first-order valence-corrected chi connectivity index (χ1v) is 11.0. The molecule has 1 fully saturated rings. The van der Waals surface area contributed by atoms with Crippen LogP contribution in [0.1, 0.15) is 49.1 Å². The number of anilines is 1. The van der Waals surface area contributed by atoms with Gasteiger partial charge in [-0.25, -0.2) is 4.79 Å². The van der Waals surface area contributed by atoms with Crippen LogP contribution in [-0.4, -0.2) is 60.5 Å². The maximum absolute atomic E-state index is 12.8. The van der Waals surface area contributed by atoms with E-state index in [-0.39, 0.29) is 18.0 Å². The number of rotatable bonds is 4. The lowest BCUT2D eigenvalue weighted by molar-refractivity contribution is -0.121. The second kappa shape index (κ2) is 9.39. The molecule has 0 aromatic carbocycles. The SMILES string of the molecule is CCNC(=O)N1CCN(C(C)C(=O)Nc2sc3c(c2C#N)CCCCC3)CC1. The van der Waals surface area contributed by atoms with E-state index in [2.05, 4.69) is 21.6 Å². The number of hydrogen-bond donors (Lipinski definition) is 2. The van der Waals surface area contributed by atoms with Crippen molar-refractivity contribution in [3.05, 3.63) is 16.0 Å². The van der Waals surface area contributed by atoms with Crippen LogP contribution in [0.15, 0.2) is 0 Å². The van der Waals surface area contributed by atoms with Crippen molar-refractivity contribution in [2.45, 2.75) is 52.0 Å². The highest BCUT2D eigenvalue weighted by atomic mass is 32.1. The lowest BCUT2D eigenvalue weighted by Gasteiger charge is -2.37. The number of hydrogen-bond acceptors (Lipinski definition) is 5. The topological polar surface area (TPSA) is 88.5 Å². The van der Waals surface area contributed by atoms with Gasteiger partial charge < -0.3 is 15.5 Å². The molecule has 0 saturated carbocycles. The highest BCUT2D eigenvalue weighted by Crippen LogP contribution is 2.37. The first kappa shape index (κ1) is 20.6. The predicted molar refractivity (Wildman–Crippen MR) is 111 cm³/mol. The minimum atomic E-state index is -0.301. The van der Waals surface area contributed by atoms with Gasteiger partial charge in [0.1, 0.15) is 11.1 Å². The Morgan fingerprint density at radius 3 is 2.57 bits per heavy atom. The molecule has 1 aliphatic carbocycles. The fourth-order valence-corrected chi connectivity index (χ4v) is 5.15. The van der Waals surface area contributed by atoms with Crippen LogP contribution < -0.4 is 10.6 Å². The molecule has 1 aliphatic heterocycles. The van der Waals surface area contributed by atoms with Crippen molar-refractivity contribution >= 4 is 28.3 Å². The summed E-state index contributed by atoms with van der Waals surface area (Å²) in [7, 11) is 0. The highest BCUT2D eigenvalue weighted by molar-refractivity contribution is 7.16. The van der Waals surface area contributed by atoms with Crippen LogP contribution in [0.3, 0.4) is 0 Å². The van der Waals surface area contributed by atoms with E-state index >= 15 is 0 Å². The van der Waals surface area contributed by atoms with E-state index in [4.69, 9.17) is 0 Å². The molecule has 7 nitrogen and oxygen atoms in total. The van der Waals surface area contributed by atoms with E-state index in [9.17, 15) is 14.9 Å². The second-order valence-corrected chi connectivity index (χ2v) is 8.51. The summed E-state index contributed by atoms with van der Waals surface area (Å²) in [6.45, 7) is 6.96. The largest absolute Gasteiger partial charge is 0.338 e. The molecule has 8 heteroatoms. The second-order valence-electron chi connectivity index (χ2n) is 7.40. The standard InChI is InChI=1S/C20H29N5O2S/c1-3-22-20(27)25-11-9-24(10-12-25)14(2)18(26)23-19-16(13-21)15-7-5-4-6-8-17(15)28-19/h14H,3-12H2,1-2H3,(H,22,27)(H,23,26). The number of carbonyl (C=O) groups is 2. The molecule has 1 aromatic heterocycles. The zero-order valence-electron chi connectivity index (χ0n) is 16.7. The van der Waals surface area contributed by atoms with Gasteiger partial charge in [0.05, 0.1) is 11.6 Å². The van der Waals surface area contributed by atoms with Crippen LogP contribution >= 0.6 is 11.3 Å². The zero-order valence-corrected chi connectivity index (χ0v) is 17.5. The first-order valence-electron chi connectivity index (χ1n) is 10.2. The van der Waals surface area contributed by atoms with Crippen molar-refractivity contribution in [1.29, 1.82) is 5.26 Å². The summed E-state index contributed by atoms with van der Waals surface area (Å²) < 4.78 is 0. The predicted octanol–water partition coefficient (Wildman–Crippen LogP) is 2.56. The lowest BCUT2D eigenvalue weighted by atomic mass is 10.1. The molecule has 0 radical (unpaired) electrons. The van der Waals surface area contributed by atoms with Crippen LogP contribution in [0, 0.1) is 11.3 Å². The molecule has 28 heavy (non-hydrogen) atoms. The lowest BCUT2D eigenvalue weighted by Crippen LogP contribution is -2.55. The van der Waals surface area contributed by atoms with Gasteiger partial charge in [-0.3, -0.25) is 9.69 Å². The van der Waals surface area contributed by atoms with E-state index in [1.807, 2.05) is 13.8 Å². The molecule has 1 saturated heterocycles. The zero-order chi connectivity index (χ0) is 20.1. The van der Waals surface area contributed by atoms with E-state index in [0.717, 1.165) is 31.2 Å². The molecule has 1 atom stereocenters. The quantitative estimate of drug-likeness (QED) is 0.756. The number of nitrogens with zero attached hydrogens (tertiary/aromatic N) is 3. The van der Waals surface area contributed by atoms with Gasteiger partial charge in [-0.2, -0.15) is 5.26 Å². The highest BCUT2D eigenvalue weighted by Gasteiger charge is 2.29. The van der Waals surface area contributed by atoms with Crippen molar-refractivity contribution in [2.24, 2.45) is 0 Å². The average molecular weight is 404 g/mol. The van der Waals surface area contributed by atoms with Crippen molar-refractivity contribution in [3.8, 4) is 6.07 Å². The van der Waals surface area contributed by atoms with Gasteiger partial charge in [0.25, 0.3) is 0 Å². The Morgan fingerprint density at radius 2 is 1.89 bits per heavy atom. The Balaban J connectivity index is 1.61. The number of nitrogens with one attached hydrogen (secondary N) is 2. The summed E-state index contributed by atoms with van der Waals surface area (Å²) in [5.74, 6) is -0.0839. The molecule has 152 valence electrons. The van der Waals surface area contributed by atoms with Gasteiger partial charge in [0.15, 0.2) is 0 Å². The Hall–Kier alpha value is -2.11. The Bertz CT molecular complexity index is 761. The van der Waals surface area contributed by atoms with Gasteiger partial charge >= 0.3 is 6.03 Å². The summed E-state index contributed by atoms with van der Waals surface area (Å²) in [5, 5.41) is 16.2. The maximum atomic E-state index is 12.8. The summed E-state index contributed by atoms with van der Waals surface area (Å²) in [6, 6.07) is 1.97. The van der Waals surface area contributed by atoms with Gasteiger partial charge in [0, 0.05) is 37.6 Å². The molecule has 1 unspecified atom stereocenters. The van der Waals surface area contributed by atoms with Crippen molar-refractivity contribution in [2.75, 3.05) is 38.0 Å². The summed E-state index contributed by atoms with van der Waals surface area (Å²) in [5.41, 5.74) is 1.80. The Morgan fingerprint density at radius 1 is 1.18 bits per heavy atom. The number of fused-ring (bicyclic) bond motifs is 1. The van der Waals surface area contributed by atoms with Crippen LogP contribution in [0.5, 0.6) is 0 Å². The third kappa shape index (κ3) is 4.47. The molecule has 1 aromatic rings. The average Bonchev–Trinajstić information content (AvgIpc) is 2.86. The number of amides is 3. The van der Waals surface area contributed by atoms with Crippen molar-refractivity contribution in [3.63, 3.8) is 0 Å². The van der Waals surface area contributed by atoms with Crippen LogP contribution in [0.4, 0.5) is 9.80 Å². The first-order chi connectivity index (χ1) is 13.5. The van der Waals surface area contributed by atoms with E-state index in [1.54, 1.807) is 16.2 Å². The Labute approximate surface area is 170 Å². The minimum absolute atomic E-state index is 0.0435. The molecule has 3 rings (SSSR count). The van der Waals surface area contributed by atoms with E-state index < -0.39 is 0 Å². The number of piperazine rings is 1. The Kier molecular flexibility index (Phi) is 6.92. The number of aryl methyl sites for hydroxylation is 1. The fourth-order valence-electron chi connectivity index (χ4n) is 3.91. The van der Waals surface area contributed by atoms with Gasteiger partial charge in [-0.15, -0.1) is 11.3 Å². The molecular weight excluding hydrogens is 374 g/mol. The number of nitriles is 1. The maximum Gasteiger partial charge on any atom is 0.317 e. The molecule has 0 bridgehead atoms. The normalized spacial score (nSPS) is 18.5. The third-order valence-corrected chi connectivity index (χ3v) is 6.83. The van der Waals surface area contributed by atoms with Gasteiger partial charge in [-0.1, -0.05) is 6.42 Å². The van der Waals surface area contributed by atoms with Gasteiger partial charge in [-0.05, 0) is 45.1 Å². The fraction of sp³-hybridized carbons (Fsp3) is 0.650. The summed E-state index contributed by atoms with van der Waals surface area (Å²) in [6.07, 6.45) is 5.40. The van der Waals surface area contributed by atoms with Gasteiger partial charge in [0.2, 0.25) is 5.91 Å². The molecule has 3 amide bonds. The van der Waals surface area contributed by atoms with Crippen LogP contribution in [-0.2, 0) is 17.6 Å². The van der Waals surface area contributed by atoms with Crippen molar-refractivity contribution in [1.82, 2.24) is 15.1 Å². The smallest absolute Gasteiger partial charge is 0.317 e. The number of urea groups is 1. The van der Waals surface area contributed by atoms with E-state index in [0.29, 0.717) is 43.3 Å². The summed E-state index contributed by atoms with van der Waals surface area (Å²) in [4.78, 5) is 29.9. The monoisotopic (exact) mass is 403 g/mol. The molecule has 2 aliphatic rings. The van der Waals surface area contributed by atoms with E-state index in [1.165, 1.54) is 11.3 Å². The number of carbonyl (C=O) groups excluding carboxylic acids is 2. The van der Waals surface area contributed by atoms with Crippen molar-refractivity contribution < 1.29 is 9.59 Å². The third-order valence-electron chi connectivity index (χ3n) is 5.63. The molecule has 2 N–H and O–H groups in total. The van der Waals surface area contributed by atoms with Crippen LogP contribution in [0.2, 0.25) is 0 Å². The molecular formula is C20H29N5O2S. The molecule has 0 spiro atoms. The number of thiophene rings is 1. The summed E-state index contributed by atoms with van der Waals surface area (Å²) >= 11 is 1.57. The van der Waals surface area contributed by atoms with Crippen LogP contribution in [0.25, 0.3) is 0 Å². The minimum Gasteiger partial charge on any atom is -0.338 e. The molecule has 2 heterocycles.